The topological polar surface area (TPSA) is 59.0 Å². The standard InChI is InChI=1S/C14H19NO4/c1-18-11-4-6-12(7-5-11)19-10-9-15-8-2-3-13(15)14(16)17/h4-7,13H,2-3,8-10H2,1H3,(H,16,17). The first-order valence-electron chi connectivity index (χ1n) is 6.44. The van der Waals surface area contributed by atoms with Crippen LogP contribution >= 0.6 is 0 Å². The zero-order chi connectivity index (χ0) is 13.7. The van der Waals surface area contributed by atoms with Crippen LogP contribution in [-0.2, 0) is 4.79 Å². The van der Waals surface area contributed by atoms with Crippen LogP contribution in [0.25, 0.3) is 0 Å². The first-order valence-corrected chi connectivity index (χ1v) is 6.44. The molecule has 104 valence electrons. The molecule has 0 amide bonds. The Labute approximate surface area is 112 Å². The third-order valence-electron chi connectivity index (χ3n) is 3.36. The van der Waals surface area contributed by atoms with Crippen LogP contribution in [-0.4, -0.2) is 48.8 Å². The van der Waals surface area contributed by atoms with Crippen molar-refractivity contribution in [2.45, 2.75) is 18.9 Å². The molecular formula is C14H19NO4. The Kier molecular flexibility index (Phi) is 4.63. The van der Waals surface area contributed by atoms with E-state index in [0.29, 0.717) is 13.2 Å². The lowest BCUT2D eigenvalue weighted by molar-refractivity contribution is -0.142. The minimum absolute atomic E-state index is 0.348. The fourth-order valence-electron chi connectivity index (χ4n) is 2.33. The number of ether oxygens (including phenoxy) is 2. The number of hydrogen-bond acceptors (Lipinski definition) is 4. The van der Waals surface area contributed by atoms with Crippen LogP contribution < -0.4 is 9.47 Å². The monoisotopic (exact) mass is 265 g/mol. The van der Waals surface area contributed by atoms with Crippen molar-refractivity contribution >= 4 is 5.97 Å². The van der Waals surface area contributed by atoms with Crippen LogP contribution in [0.1, 0.15) is 12.8 Å². The summed E-state index contributed by atoms with van der Waals surface area (Å²) in [4.78, 5) is 13.0. The lowest BCUT2D eigenvalue weighted by Crippen LogP contribution is -2.38. The minimum Gasteiger partial charge on any atom is -0.497 e. The molecule has 19 heavy (non-hydrogen) atoms. The lowest BCUT2D eigenvalue weighted by Gasteiger charge is -2.20. The van der Waals surface area contributed by atoms with E-state index in [1.807, 2.05) is 29.2 Å². The average molecular weight is 265 g/mol. The molecule has 1 aromatic carbocycles. The van der Waals surface area contributed by atoms with E-state index < -0.39 is 5.97 Å². The van der Waals surface area contributed by atoms with Crippen LogP contribution in [0.4, 0.5) is 0 Å². The predicted molar refractivity (Wildman–Crippen MR) is 70.7 cm³/mol. The van der Waals surface area contributed by atoms with Crippen LogP contribution in [0, 0.1) is 0 Å². The van der Waals surface area contributed by atoms with Gasteiger partial charge in [-0.05, 0) is 43.7 Å². The summed E-state index contributed by atoms with van der Waals surface area (Å²) in [6.07, 6.45) is 1.68. The summed E-state index contributed by atoms with van der Waals surface area (Å²) < 4.78 is 10.7. The van der Waals surface area contributed by atoms with Crippen LogP contribution in [0.15, 0.2) is 24.3 Å². The van der Waals surface area contributed by atoms with Crippen LogP contribution in [0.3, 0.4) is 0 Å². The molecule has 1 unspecified atom stereocenters. The van der Waals surface area contributed by atoms with Gasteiger partial charge in [-0.1, -0.05) is 0 Å². The van der Waals surface area contributed by atoms with E-state index in [4.69, 9.17) is 14.6 Å². The molecule has 0 aliphatic carbocycles. The molecular weight excluding hydrogens is 246 g/mol. The van der Waals surface area contributed by atoms with E-state index in [1.165, 1.54) is 0 Å². The molecule has 1 saturated heterocycles. The van der Waals surface area contributed by atoms with Gasteiger partial charge in [-0.3, -0.25) is 9.69 Å². The molecule has 0 bridgehead atoms. The summed E-state index contributed by atoms with van der Waals surface area (Å²) in [7, 11) is 1.62. The highest BCUT2D eigenvalue weighted by atomic mass is 16.5. The maximum atomic E-state index is 11.0. The van der Waals surface area contributed by atoms with Crippen LogP contribution in [0.5, 0.6) is 11.5 Å². The fourth-order valence-corrected chi connectivity index (χ4v) is 2.33. The first-order chi connectivity index (χ1) is 9.20. The number of likely N-dealkylation sites (tertiary alicyclic amines) is 1. The molecule has 0 saturated carbocycles. The van der Waals surface area contributed by atoms with Gasteiger partial charge in [0.2, 0.25) is 0 Å². The Morgan fingerprint density at radius 3 is 2.68 bits per heavy atom. The van der Waals surface area contributed by atoms with E-state index in [1.54, 1.807) is 7.11 Å². The quantitative estimate of drug-likeness (QED) is 0.847. The normalized spacial score (nSPS) is 19.3. The van der Waals surface area contributed by atoms with E-state index in [2.05, 4.69) is 0 Å². The van der Waals surface area contributed by atoms with E-state index in [9.17, 15) is 4.79 Å². The molecule has 1 aliphatic rings. The number of aliphatic carboxylic acids is 1. The largest absolute Gasteiger partial charge is 0.497 e. The van der Waals surface area contributed by atoms with Crippen molar-refractivity contribution < 1.29 is 19.4 Å². The smallest absolute Gasteiger partial charge is 0.320 e. The average Bonchev–Trinajstić information content (AvgIpc) is 2.88. The number of benzene rings is 1. The number of carboxylic acids is 1. The zero-order valence-corrected chi connectivity index (χ0v) is 11.0. The van der Waals surface area contributed by atoms with Crippen molar-refractivity contribution in [3.05, 3.63) is 24.3 Å². The summed E-state index contributed by atoms with van der Waals surface area (Å²) in [6, 6.07) is 7.02. The highest BCUT2D eigenvalue weighted by Gasteiger charge is 2.29. The van der Waals surface area contributed by atoms with Gasteiger partial charge in [-0.2, -0.15) is 0 Å². The SMILES string of the molecule is COc1ccc(OCCN2CCCC2C(=O)O)cc1. The number of carbonyl (C=O) groups is 1. The predicted octanol–water partition coefficient (Wildman–Crippen LogP) is 1.62. The molecule has 1 aliphatic heterocycles. The zero-order valence-electron chi connectivity index (χ0n) is 11.0. The number of carboxylic acid groups (broad SMARTS) is 1. The van der Waals surface area contributed by atoms with Gasteiger partial charge in [0.25, 0.3) is 0 Å². The maximum Gasteiger partial charge on any atom is 0.320 e. The summed E-state index contributed by atoms with van der Waals surface area (Å²) in [5.74, 6) is 0.826. The number of methoxy groups -OCH3 is 1. The van der Waals surface area contributed by atoms with Crippen molar-refractivity contribution in [2.24, 2.45) is 0 Å². The van der Waals surface area contributed by atoms with Crippen molar-refractivity contribution in [3.63, 3.8) is 0 Å². The highest BCUT2D eigenvalue weighted by Crippen LogP contribution is 2.19. The number of nitrogens with zero attached hydrogens (tertiary/aromatic N) is 1. The van der Waals surface area contributed by atoms with Crippen LogP contribution in [0.2, 0.25) is 0 Å². The van der Waals surface area contributed by atoms with E-state index in [0.717, 1.165) is 30.9 Å². The number of rotatable bonds is 6. The molecule has 1 aromatic rings. The summed E-state index contributed by atoms with van der Waals surface area (Å²) >= 11 is 0. The summed E-state index contributed by atoms with van der Waals surface area (Å²) in [5, 5.41) is 9.06. The molecule has 0 radical (unpaired) electrons. The van der Waals surface area contributed by atoms with Gasteiger partial charge in [0.15, 0.2) is 0 Å². The molecule has 1 heterocycles. The minimum atomic E-state index is -0.734. The van der Waals surface area contributed by atoms with Gasteiger partial charge in [-0.15, -0.1) is 0 Å². The Bertz CT molecular complexity index is 418. The molecule has 0 aromatic heterocycles. The molecule has 2 rings (SSSR count). The third kappa shape index (κ3) is 3.61. The van der Waals surface area contributed by atoms with Crippen molar-refractivity contribution in [1.82, 2.24) is 4.90 Å². The molecule has 1 atom stereocenters. The molecule has 0 spiro atoms. The molecule has 1 N–H and O–H groups in total. The Morgan fingerprint density at radius 1 is 1.37 bits per heavy atom. The second-order valence-electron chi connectivity index (χ2n) is 4.56. The number of hydrogen-bond donors (Lipinski definition) is 1. The van der Waals surface area contributed by atoms with Crippen molar-refractivity contribution in [1.29, 1.82) is 0 Å². The second kappa shape index (κ2) is 6.43. The Balaban J connectivity index is 1.78. The van der Waals surface area contributed by atoms with Crippen molar-refractivity contribution in [2.75, 3.05) is 26.8 Å². The Morgan fingerprint density at radius 2 is 2.05 bits per heavy atom. The molecule has 1 fully saturated rings. The Hall–Kier alpha value is -1.75. The van der Waals surface area contributed by atoms with Gasteiger partial charge in [0, 0.05) is 6.54 Å². The van der Waals surface area contributed by atoms with Gasteiger partial charge in [0.1, 0.15) is 24.1 Å². The van der Waals surface area contributed by atoms with Gasteiger partial charge < -0.3 is 14.6 Å². The van der Waals surface area contributed by atoms with E-state index >= 15 is 0 Å². The third-order valence-corrected chi connectivity index (χ3v) is 3.36. The molecule has 5 heteroatoms. The molecule has 5 nitrogen and oxygen atoms in total. The summed E-state index contributed by atoms with van der Waals surface area (Å²) in [5.41, 5.74) is 0. The van der Waals surface area contributed by atoms with Gasteiger partial charge in [0.05, 0.1) is 7.11 Å². The highest BCUT2D eigenvalue weighted by molar-refractivity contribution is 5.73. The summed E-state index contributed by atoms with van der Waals surface area (Å²) in [6.45, 7) is 1.97. The second-order valence-corrected chi connectivity index (χ2v) is 4.56. The van der Waals surface area contributed by atoms with Gasteiger partial charge >= 0.3 is 5.97 Å². The maximum absolute atomic E-state index is 11.0. The van der Waals surface area contributed by atoms with Gasteiger partial charge in [-0.25, -0.2) is 0 Å². The van der Waals surface area contributed by atoms with Crippen molar-refractivity contribution in [3.8, 4) is 11.5 Å². The fraction of sp³-hybridized carbons (Fsp3) is 0.500. The van der Waals surface area contributed by atoms with E-state index in [-0.39, 0.29) is 6.04 Å². The first kappa shape index (κ1) is 13.7. The lowest BCUT2D eigenvalue weighted by atomic mass is 10.2.